The van der Waals surface area contributed by atoms with Gasteiger partial charge in [0.05, 0.1) is 23.7 Å². The van der Waals surface area contributed by atoms with Crippen molar-refractivity contribution < 1.29 is 4.74 Å². The molecule has 1 aliphatic rings. The summed E-state index contributed by atoms with van der Waals surface area (Å²) in [6, 6.07) is 17.9. The maximum atomic E-state index is 8.98. The summed E-state index contributed by atoms with van der Waals surface area (Å²) in [6.45, 7) is 4.33. The van der Waals surface area contributed by atoms with Gasteiger partial charge in [-0.1, -0.05) is 41.9 Å². The van der Waals surface area contributed by atoms with Crippen LogP contribution in [-0.4, -0.2) is 19.7 Å². The highest BCUT2D eigenvalue weighted by atomic mass is 35.5. The molecule has 3 nitrogen and oxygen atoms in total. The van der Waals surface area contributed by atoms with Crippen LogP contribution in [0.2, 0.25) is 5.02 Å². The third-order valence-electron chi connectivity index (χ3n) is 4.10. The molecule has 0 amide bonds. The van der Waals surface area contributed by atoms with Crippen molar-refractivity contribution in [2.45, 2.75) is 12.5 Å². The highest BCUT2D eigenvalue weighted by Gasteiger charge is 2.33. The van der Waals surface area contributed by atoms with Gasteiger partial charge in [-0.05, 0) is 30.7 Å². The molecule has 4 heteroatoms. The van der Waals surface area contributed by atoms with E-state index in [-0.39, 0.29) is 5.60 Å². The lowest BCUT2D eigenvalue weighted by Gasteiger charge is -2.42. The maximum Gasteiger partial charge on any atom is 0.108 e. The van der Waals surface area contributed by atoms with Gasteiger partial charge in [0.25, 0.3) is 0 Å². The Kier molecular flexibility index (Phi) is 4.06. The Morgan fingerprint density at radius 2 is 2.00 bits per heavy atom. The molecule has 1 unspecified atom stereocenters. The fraction of sp³-hybridized carbons (Fsp3) is 0.278. The van der Waals surface area contributed by atoms with Gasteiger partial charge >= 0.3 is 0 Å². The van der Waals surface area contributed by atoms with Gasteiger partial charge in [0.1, 0.15) is 11.7 Å². The van der Waals surface area contributed by atoms with Crippen molar-refractivity contribution in [2.75, 3.05) is 24.6 Å². The van der Waals surface area contributed by atoms with E-state index >= 15 is 0 Å². The van der Waals surface area contributed by atoms with Crippen molar-refractivity contribution in [2.24, 2.45) is 0 Å². The second-order valence-corrected chi connectivity index (χ2v) is 6.05. The van der Waals surface area contributed by atoms with E-state index in [1.165, 1.54) is 5.56 Å². The fourth-order valence-corrected chi connectivity index (χ4v) is 3.06. The number of morpholine rings is 1. The Morgan fingerprint density at radius 1 is 1.23 bits per heavy atom. The average molecular weight is 313 g/mol. The predicted molar refractivity (Wildman–Crippen MR) is 88.1 cm³/mol. The summed E-state index contributed by atoms with van der Waals surface area (Å²) in [5, 5.41) is 9.48. The van der Waals surface area contributed by atoms with Crippen LogP contribution in [0.3, 0.4) is 0 Å². The van der Waals surface area contributed by atoms with Crippen LogP contribution in [0.5, 0.6) is 0 Å². The molecule has 112 valence electrons. The van der Waals surface area contributed by atoms with Crippen LogP contribution >= 0.6 is 11.6 Å². The van der Waals surface area contributed by atoms with E-state index in [1.54, 1.807) is 6.07 Å². The standard InChI is InChI=1S/C18H17ClN2O/c1-18(15-5-3-2-4-6-15)13-21(9-10-22-18)16-8-7-14(12-20)17(19)11-16/h2-8,11H,9-10,13H2,1H3. The lowest BCUT2D eigenvalue weighted by Crippen LogP contribution is -2.48. The molecule has 0 bridgehead atoms. The van der Waals surface area contributed by atoms with Gasteiger partial charge in [-0.25, -0.2) is 0 Å². The fourth-order valence-electron chi connectivity index (χ4n) is 2.85. The average Bonchev–Trinajstić information content (AvgIpc) is 2.56. The molecule has 1 atom stereocenters. The minimum Gasteiger partial charge on any atom is -0.367 e. The zero-order valence-corrected chi connectivity index (χ0v) is 13.2. The van der Waals surface area contributed by atoms with Crippen molar-refractivity contribution in [1.82, 2.24) is 0 Å². The molecule has 1 fully saturated rings. The van der Waals surface area contributed by atoms with E-state index in [1.807, 2.05) is 30.3 Å². The van der Waals surface area contributed by atoms with E-state index in [4.69, 9.17) is 21.6 Å². The number of rotatable bonds is 2. The minimum atomic E-state index is -0.347. The van der Waals surface area contributed by atoms with Crippen molar-refractivity contribution in [1.29, 1.82) is 5.26 Å². The van der Waals surface area contributed by atoms with E-state index in [9.17, 15) is 0 Å². The monoisotopic (exact) mass is 312 g/mol. The first kappa shape index (κ1) is 14.9. The normalized spacial score (nSPS) is 21.4. The highest BCUT2D eigenvalue weighted by Crippen LogP contribution is 2.33. The molecule has 0 N–H and O–H groups in total. The van der Waals surface area contributed by atoms with Crippen LogP contribution in [0.4, 0.5) is 5.69 Å². The largest absolute Gasteiger partial charge is 0.367 e. The van der Waals surface area contributed by atoms with E-state index in [0.29, 0.717) is 17.2 Å². The summed E-state index contributed by atoms with van der Waals surface area (Å²) in [5.41, 5.74) is 2.35. The predicted octanol–water partition coefficient (Wildman–Crippen LogP) is 3.96. The molecule has 0 saturated carbocycles. The number of nitrogens with zero attached hydrogens (tertiary/aromatic N) is 2. The Hall–Kier alpha value is -2.02. The van der Waals surface area contributed by atoms with E-state index in [2.05, 4.69) is 30.0 Å². The molecule has 2 aromatic carbocycles. The van der Waals surface area contributed by atoms with Gasteiger partial charge in [-0.2, -0.15) is 5.26 Å². The number of hydrogen-bond acceptors (Lipinski definition) is 3. The smallest absolute Gasteiger partial charge is 0.108 e. The molecular formula is C18H17ClN2O. The molecule has 0 radical (unpaired) electrons. The molecule has 3 rings (SSSR count). The zero-order valence-electron chi connectivity index (χ0n) is 12.4. The number of hydrogen-bond donors (Lipinski definition) is 0. The summed E-state index contributed by atoms with van der Waals surface area (Å²) in [4.78, 5) is 2.25. The van der Waals surface area contributed by atoms with Crippen LogP contribution in [0, 0.1) is 11.3 Å². The topological polar surface area (TPSA) is 36.3 Å². The number of anilines is 1. The second kappa shape index (κ2) is 6.00. The SMILES string of the molecule is CC1(c2ccccc2)CN(c2ccc(C#N)c(Cl)c2)CCO1. The van der Waals surface area contributed by atoms with Crippen molar-refractivity contribution >= 4 is 17.3 Å². The van der Waals surface area contributed by atoms with Gasteiger partial charge in [0.15, 0.2) is 0 Å². The number of nitriles is 1. The van der Waals surface area contributed by atoms with Gasteiger partial charge in [-0.15, -0.1) is 0 Å². The van der Waals surface area contributed by atoms with Gasteiger partial charge in [0, 0.05) is 12.2 Å². The van der Waals surface area contributed by atoms with Crippen LogP contribution in [0.15, 0.2) is 48.5 Å². The van der Waals surface area contributed by atoms with Crippen LogP contribution in [-0.2, 0) is 10.3 Å². The van der Waals surface area contributed by atoms with Gasteiger partial charge < -0.3 is 9.64 Å². The van der Waals surface area contributed by atoms with Crippen LogP contribution < -0.4 is 4.90 Å². The summed E-state index contributed by atoms with van der Waals surface area (Å²) < 4.78 is 6.05. The van der Waals surface area contributed by atoms with Gasteiger partial charge in [0.2, 0.25) is 0 Å². The number of halogens is 1. The van der Waals surface area contributed by atoms with Crippen molar-refractivity contribution in [3.63, 3.8) is 0 Å². The molecule has 0 spiro atoms. The van der Waals surface area contributed by atoms with Crippen LogP contribution in [0.25, 0.3) is 0 Å². The van der Waals surface area contributed by atoms with Gasteiger partial charge in [-0.3, -0.25) is 0 Å². The zero-order chi connectivity index (χ0) is 15.6. The molecular weight excluding hydrogens is 296 g/mol. The Balaban J connectivity index is 1.87. The molecule has 1 heterocycles. The number of ether oxygens (including phenoxy) is 1. The summed E-state index contributed by atoms with van der Waals surface area (Å²) >= 11 is 6.16. The molecule has 22 heavy (non-hydrogen) atoms. The Labute approximate surface area is 135 Å². The maximum absolute atomic E-state index is 8.98. The quantitative estimate of drug-likeness (QED) is 0.842. The molecule has 1 aliphatic heterocycles. The molecule has 0 aromatic heterocycles. The first-order chi connectivity index (χ1) is 10.6. The summed E-state index contributed by atoms with van der Waals surface area (Å²) in [6.07, 6.45) is 0. The molecule has 0 aliphatic carbocycles. The summed E-state index contributed by atoms with van der Waals surface area (Å²) in [7, 11) is 0. The van der Waals surface area contributed by atoms with Crippen molar-refractivity contribution in [3.8, 4) is 6.07 Å². The van der Waals surface area contributed by atoms with Crippen LogP contribution in [0.1, 0.15) is 18.1 Å². The van der Waals surface area contributed by atoms with E-state index in [0.717, 1.165) is 18.8 Å². The Bertz CT molecular complexity index is 711. The minimum absolute atomic E-state index is 0.347. The number of benzene rings is 2. The lowest BCUT2D eigenvalue weighted by atomic mass is 9.93. The third kappa shape index (κ3) is 2.81. The molecule has 2 aromatic rings. The third-order valence-corrected chi connectivity index (χ3v) is 4.41. The molecule has 1 saturated heterocycles. The van der Waals surface area contributed by atoms with Crippen molar-refractivity contribution in [3.05, 3.63) is 64.7 Å². The summed E-state index contributed by atoms with van der Waals surface area (Å²) in [5.74, 6) is 0. The highest BCUT2D eigenvalue weighted by molar-refractivity contribution is 6.32. The lowest BCUT2D eigenvalue weighted by molar-refractivity contribution is -0.0465. The second-order valence-electron chi connectivity index (χ2n) is 5.64. The van der Waals surface area contributed by atoms with E-state index < -0.39 is 0 Å². The Morgan fingerprint density at radius 3 is 2.68 bits per heavy atom. The first-order valence-electron chi connectivity index (χ1n) is 7.26. The first-order valence-corrected chi connectivity index (χ1v) is 7.64.